The largest absolute Gasteiger partial charge is 0.462 e. The molecule has 4 heteroatoms. The third-order valence-corrected chi connectivity index (χ3v) is 5.83. The predicted octanol–water partition coefficient (Wildman–Crippen LogP) is 8.28. The van der Waals surface area contributed by atoms with Crippen molar-refractivity contribution in [3.63, 3.8) is 0 Å². The van der Waals surface area contributed by atoms with Crippen LogP contribution in [0.4, 0.5) is 0 Å². The second-order valence-corrected chi connectivity index (χ2v) is 8.77. The van der Waals surface area contributed by atoms with Crippen LogP contribution in [0.15, 0.2) is 24.3 Å². The lowest BCUT2D eigenvalue weighted by molar-refractivity contribution is 0.0450. The highest BCUT2D eigenvalue weighted by Gasteiger charge is 2.18. The molecule has 1 rings (SSSR count). The Labute approximate surface area is 196 Å². The molecular formula is C28H46O4. The van der Waals surface area contributed by atoms with E-state index in [1.165, 1.54) is 77.0 Å². The van der Waals surface area contributed by atoms with Crippen LogP contribution in [-0.2, 0) is 9.47 Å². The maximum Gasteiger partial charge on any atom is 0.339 e. The van der Waals surface area contributed by atoms with Crippen LogP contribution in [0.2, 0.25) is 0 Å². The van der Waals surface area contributed by atoms with Crippen LogP contribution in [-0.4, -0.2) is 25.2 Å². The summed E-state index contributed by atoms with van der Waals surface area (Å²) in [7, 11) is 0. The molecule has 0 N–H and O–H groups in total. The molecule has 0 spiro atoms. The van der Waals surface area contributed by atoms with Gasteiger partial charge >= 0.3 is 11.9 Å². The maximum absolute atomic E-state index is 12.5. The molecule has 0 aliphatic heterocycles. The summed E-state index contributed by atoms with van der Waals surface area (Å²) in [5, 5.41) is 0. The molecule has 0 aliphatic rings. The van der Waals surface area contributed by atoms with Crippen LogP contribution in [0.3, 0.4) is 0 Å². The molecule has 0 atom stereocenters. The third-order valence-electron chi connectivity index (χ3n) is 5.83. The number of ether oxygens (including phenoxy) is 2. The second kappa shape index (κ2) is 19.8. The van der Waals surface area contributed by atoms with Crippen molar-refractivity contribution in [3.8, 4) is 0 Å². The smallest absolute Gasteiger partial charge is 0.339 e. The zero-order chi connectivity index (χ0) is 23.3. The van der Waals surface area contributed by atoms with E-state index in [2.05, 4.69) is 13.8 Å². The van der Waals surface area contributed by atoms with E-state index in [4.69, 9.17) is 9.47 Å². The molecule has 0 heterocycles. The summed E-state index contributed by atoms with van der Waals surface area (Å²) < 4.78 is 10.8. The molecule has 4 nitrogen and oxygen atoms in total. The molecule has 0 saturated heterocycles. The van der Waals surface area contributed by atoms with Crippen molar-refractivity contribution in [2.75, 3.05) is 13.2 Å². The number of unbranched alkanes of at least 4 members (excludes halogenated alkanes) is 14. The molecule has 182 valence electrons. The fraction of sp³-hybridized carbons (Fsp3) is 0.714. The molecule has 0 fully saturated rings. The molecule has 0 unspecified atom stereocenters. The molecule has 0 aromatic heterocycles. The van der Waals surface area contributed by atoms with E-state index in [-0.39, 0.29) is 0 Å². The number of carbonyl (C=O) groups is 2. The highest BCUT2D eigenvalue weighted by atomic mass is 16.5. The maximum atomic E-state index is 12.5. The van der Waals surface area contributed by atoms with E-state index >= 15 is 0 Å². The first-order valence-corrected chi connectivity index (χ1v) is 13.1. The third kappa shape index (κ3) is 13.5. The minimum absolute atomic E-state index is 0.299. The Morgan fingerprint density at radius 2 is 0.844 bits per heavy atom. The van der Waals surface area contributed by atoms with E-state index in [0.29, 0.717) is 24.3 Å². The first-order valence-electron chi connectivity index (χ1n) is 13.1. The van der Waals surface area contributed by atoms with Crippen molar-refractivity contribution >= 4 is 11.9 Å². The van der Waals surface area contributed by atoms with Gasteiger partial charge in [0, 0.05) is 0 Å². The van der Waals surface area contributed by atoms with Crippen molar-refractivity contribution in [3.05, 3.63) is 35.4 Å². The minimum atomic E-state index is -0.438. The van der Waals surface area contributed by atoms with Crippen molar-refractivity contribution in [1.82, 2.24) is 0 Å². The van der Waals surface area contributed by atoms with E-state index in [1.807, 2.05) is 0 Å². The van der Waals surface area contributed by atoms with Crippen LogP contribution >= 0.6 is 0 Å². The fourth-order valence-electron chi connectivity index (χ4n) is 3.80. The van der Waals surface area contributed by atoms with Crippen molar-refractivity contribution in [2.24, 2.45) is 0 Å². The lowest BCUT2D eigenvalue weighted by atomic mass is 10.1. The summed E-state index contributed by atoms with van der Waals surface area (Å²) in [5.74, 6) is -0.875. The molecule has 0 saturated carbocycles. The van der Waals surface area contributed by atoms with Gasteiger partial charge in [0.1, 0.15) is 0 Å². The lowest BCUT2D eigenvalue weighted by Crippen LogP contribution is -2.15. The fourth-order valence-corrected chi connectivity index (χ4v) is 3.80. The highest BCUT2D eigenvalue weighted by molar-refractivity contribution is 6.03. The average Bonchev–Trinajstić information content (AvgIpc) is 2.81. The average molecular weight is 447 g/mol. The molecule has 0 amide bonds. The molecule has 1 aromatic carbocycles. The number of benzene rings is 1. The van der Waals surface area contributed by atoms with Gasteiger partial charge in [0.15, 0.2) is 0 Å². The minimum Gasteiger partial charge on any atom is -0.462 e. The zero-order valence-electron chi connectivity index (χ0n) is 20.7. The predicted molar refractivity (Wildman–Crippen MR) is 132 cm³/mol. The summed E-state index contributed by atoms with van der Waals surface area (Å²) >= 11 is 0. The van der Waals surface area contributed by atoms with Gasteiger partial charge < -0.3 is 9.47 Å². The van der Waals surface area contributed by atoms with Crippen molar-refractivity contribution < 1.29 is 19.1 Å². The Bertz CT molecular complexity index is 611. The van der Waals surface area contributed by atoms with Gasteiger partial charge in [-0.1, -0.05) is 116 Å². The summed E-state index contributed by atoms with van der Waals surface area (Å²) in [6.45, 7) is 5.24. The van der Waals surface area contributed by atoms with Gasteiger partial charge in [-0.15, -0.1) is 0 Å². The summed E-state index contributed by atoms with van der Waals surface area (Å²) in [6.07, 6.45) is 19.2. The Balaban J connectivity index is 2.23. The van der Waals surface area contributed by atoms with Gasteiger partial charge in [-0.25, -0.2) is 9.59 Å². The Hall–Kier alpha value is -1.84. The Morgan fingerprint density at radius 1 is 0.531 bits per heavy atom. The summed E-state index contributed by atoms with van der Waals surface area (Å²) in [5.41, 5.74) is 0.598. The van der Waals surface area contributed by atoms with Gasteiger partial charge in [-0.3, -0.25) is 0 Å². The number of carbonyl (C=O) groups excluding carboxylic acids is 2. The molecule has 0 aliphatic carbocycles. The summed E-state index contributed by atoms with van der Waals surface area (Å²) in [6, 6.07) is 6.79. The van der Waals surface area contributed by atoms with E-state index in [0.717, 1.165) is 25.7 Å². The topological polar surface area (TPSA) is 52.6 Å². The standard InChI is InChI=1S/C28H46O4/c1-3-5-7-9-11-12-14-16-20-24-32-28(30)26-22-18-17-21-25(26)27(29)31-23-19-15-13-10-8-6-4-2/h17-18,21-22H,3-16,19-20,23-24H2,1-2H3. The van der Waals surface area contributed by atoms with Gasteiger partial charge in [0.2, 0.25) is 0 Å². The number of hydrogen-bond donors (Lipinski definition) is 0. The quantitative estimate of drug-likeness (QED) is 0.149. The normalized spacial score (nSPS) is 10.8. The number of rotatable bonds is 20. The summed E-state index contributed by atoms with van der Waals surface area (Å²) in [4.78, 5) is 24.9. The molecular weight excluding hydrogens is 400 g/mol. The van der Waals surface area contributed by atoms with E-state index in [1.54, 1.807) is 24.3 Å². The van der Waals surface area contributed by atoms with Crippen LogP contribution in [0.1, 0.15) is 137 Å². The Kier molecular flexibility index (Phi) is 17.5. The molecule has 32 heavy (non-hydrogen) atoms. The van der Waals surface area contributed by atoms with E-state index < -0.39 is 11.9 Å². The highest BCUT2D eigenvalue weighted by Crippen LogP contribution is 2.14. The van der Waals surface area contributed by atoms with Gasteiger partial charge in [0.05, 0.1) is 24.3 Å². The number of esters is 2. The Morgan fingerprint density at radius 3 is 1.19 bits per heavy atom. The monoisotopic (exact) mass is 446 g/mol. The molecule has 1 aromatic rings. The van der Waals surface area contributed by atoms with Crippen molar-refractivity contribution in [1.29, 1.82) is 0 Å². The first-order chi connectivity index (χ1) is 15.7. The zero-order valence-corrected chi connectivity index (χ0v) is 20.7. The first kappa shape index (κ1) is 28.2. The lowest BCUT2D eigenvalue weighted by Gasteiger charge is -2.10. The second-order valence-electron chi connectivity index (χ2n) is 8.77. The van der Waals surface area contributed by atoms with Gasteiger partial charge in [0.25, 0.3) is 0 Å². The van der Waals surface area contributed by atoms with Gasteiger partial charge in [-0.2, -0.15) is 0 Å². The number of hydrogen-bond acceptors (Lipinski definition) is 4. The molecule has 0 radical (unpaired) electrons. The van der Waals surface area contributed by atoms with Crippen LogP contribution in [0, 0.1) is 0 Å². The van der Waals surface area contributed by atoms with E-state index in [9.17, 15) is 9.59 Å². The van der Waals surface area contributed by atoms with Crippen LogP contribution in [0.25, 0.3) is 0 Å². The van der Waals surface area contributed by atoms with Crippen LogP contribution in [0.5, 0.6) is 0 Å². The van der Waals surface area contributed by atoms with Crippen molar-refractivity contribution in [2.45, 2.75) is 117 Å². The van der Waals surface area contributed by atoms with Gasteiger partial charge in [-0.05, 0) is 25.0 Å². The molecule has 0 bridgehead atoms. The SMILES string of the molecule is CCCCCCCCCCCOC(=O)c1ccccc1C(=O)OCCCCCCCCC. The van der Waals surface area contributed by atoms with Crippen LogP contribution < -0.4 is 0 Å².